The van der Waals surface area contributed by atoms with E-state index in [-0.39, 0.29) is 54.3 Å². The van der Waals surface area contributed by atoms with Crippen LogP contribution < -0.4 is 4.74 Å². The Morgan fingerprint density at radius 1 is 0.833 bits per heavy atom. The second-order valence-corrected chi connectivity index (χ2v) is 16.4. The maximum absolute atomic E-state index is 12.4. The molecule has 2 saturated carbocycles. The molecule has 5 atom stereocenters. The van der Waals surface area contributed by atoms with Crippen LogP contribution in [-0.2, 0) is 14.3 Å². The molecule has 0 spiro atoms. The van der Waals surface area contributed by atoms with Crippen LogP contribution in [-0.4, -0.2) is 59.6 Å². The van der Waals surface area contributed by atoms with Crippen molar-refractivity contribution in [3.8, 4) is 5.75 Å². The van der Waals surface area contributed by atoms with Crippen molar-refractivity contribution in [1.29, 1.82) is 0 Å². The largest absolute Gasteiger partial charge is 0.494 e. The number of alkyl halides is 1. The van der Waals surface area contributed by atoms with E-state index in [1.165, 1.54) is 83.5 Å². The van der Waals surface area contributed by atoms with Gasteiger partial charge in [-0.1, -0.05) is 122 Å². The molecule has 54 heavy (non-hydrogen) atoms. The molecule has 0 aliphatic heterocycles. The van der Waals surface area contributed by atoms with Crippen molar-refractivity contribution in [1.82, 2.24) is 0 Å². The molecule has 2 aliphatic carbocycles. The van der Waals surface area contributed by atoms with E-state index in [9.17, 15) is 19.8 Å². The van der Waals surface area contributed by atoms with Crippen molar-refractivity contribution in [2.75, 3.05) is 19.8 Å². The van der Waals surface area contributed by atoms with Gasteiger partial charge in [-0.15, -0.1) is 11.6 Å². The Kier molecular flexibility index (Phi) is 23.3. The lowest BCUT2D eigenvalue weighted by Crippen LogP contribution is -2.40. The molecule has 0 unspecified atom stereocenters. The number of unbranched alkanes of at least 4 members (excludes halogenated alkanes) is 13. The van der Waals surface area contributed by atoms with Crippen LogP contribution in [0.5, 0.6) is 5.75 Å². The first-order chi connectivity index (χ1) is 26.3. The number of benzene rings is 1. The Bertz CT molecular complexity index is 1200. The Hall–Kier alpha value is -2.35. The van der Waals surface area contributed by atoms with Crippen LogP contribution in [0.3, 0.4) is 0 Å². The monoisotopic (exact) mass is 773 g/mol. The highest BCUT2D eigenvalue weighted by molar-refractivity contribution is 6.21. The molecule has 8 heteroatoms. The first kappa shape index (κ1) is 46.0. The number of carbonyl (C=O) groups excluding carboxylic acids is 2. The van der Waals surface area contributed by atoms with E-state index >= 15 is 0 Å². The number of allylic oxidation sites excluding steroid dienone is 2. The number of ether oxygens (including phenoxy) is 3. The van der Waals surface area contributed by atoms with Gasteiger partial charge in [0, 0.05) is 17.7 Å². The Morgan fingerprint density at radius 3 is 2.07 bits per heavy atom. The number of carbonyl (C=O) groups is 2. The topological polar surface area (TPSA) is 102 Å². The summed E-state index contributed by atoms with van der Waals surface area (Å²) in [6, 6.07) is 6.98. The average Bonchev–Trinajstić information content (AvgIpc) is 3.42. The lowest BCUT2D eigenvalue weighted by Gasteiger charge is -2.45. The summed E-state index contributed by atoms with van der Waals surface area (Å²) in [6.07, 6.45) is 32.6. The lowest BCUT2D eigenvalue weighted by atomic mass is 9.63. The van der Waals surface area contributed by atoms with E-state index in [2.05, 4.69) is 32.1 Å². The summed E-state index contributed by atoms with van der Waals surface area (Å²) >= 11 is 6.62. The highest BCUT2D eigenvalue weighted by atomic mass is 35.5. The van der Waals surface area contributed by atoms with Gasteiger partial charge in [-0.25, -0.2) is 4.79 Å². The number of hydrogen-bond acceptors (Lipinski definition) is 7. The molecule has 0 bridgehead atoms. The molecule has 0 saturated heterocycles. The summed E-state index contributed by atoms with van der Waals surface area (Å²) in [5.41, 5.74) is 0.508. The fourth-order valence-corrected chi connectivity index (χ4v) is 8.46. The first-order valence-electron chi connectivity index (χ1n) is 21.7. The zero-order chi connectivity index (χ0) is 38.9. The lowest BCUT2D eigenvalue weighted by molar-refractivity contribution is -0.144. The predicted octanol–water partition coefficient (Wildman–Crippen LogP) is 11.5. The van der Waals surface area contributed by atoms with E-state index in [0.717, 1.165) is 44.3 Å². The van der Waals surface area contributed by atoms with Crippen LogP contribution in [0.15, 0.2) is 48.6 Å². The van der Waals surface area contributed by atoms with E-state index in [1.807, 2.05) is 6.08 Å². The number of aliphatic hydroxyl groups excluding tert-OH is 2. The van der Waals surface area contributed by atoms with Crippen molar-refractivity contribution in [2.45, 2.75) is 179 Å². The van der Waals surface area contributed by atoms with Crippen LogP contribution in [0.25, 0.3) is 0 Å². The predicted molar refractivity (Wildman–Crippen MR) is 220 cm³/mol. The smallest absolute Gasteiger partial charge is 0.338 e. The van der Waals surface area contributed by atoms with Crippen LogP contribution in [0.1, 0.15) is 172 Å². The van der Waals surface area contributed by atoms with Gasteiger partial charge in [0.1, 0.15) is 19.0 Å². The molecule has 7 nitrogen and oxygen atoms in total. The summed E-state index contributed by atoms with van der Waals surface area (Å²) in [4.78, 5) is 24.6. The van der Waals surface area contributed by atoms with Crippen molar-refractivity contribution in [3.05, 3.63) is 54.1 Å². The van der Waals surface area contributed by atoms with E-state index in [1.54, 1.807) is 24.3 Å². The van der Waals surface area contributed by atoms with Gasteiger partial charge < -0.3 is 24.4 Å². The van der Waals surface area contributed by atoms with Crippen molar-refractivity contribution in [2.24, 2.45) is 17.3 Å². The molecule has 2 fully saturated rings. The van der Waals surface area contributed by atoms with Crippen LogP contribution in [0.2, 0.25) is 0 Å². The molecule has 1 aromatic carbocycles. The van der Waals surface area contributed by atoms with Crippen LogP contribution >= 0.6 is 11.6 Å². The Balaban J connectivity index is 1.17. The second kappa shape index (κ2) is 27.3. The normalized spacial score (nSPS) is 21.4. The molecule has 2 N–H and O–H groups in total. The van der Waals surface area contributed by atoms with Gasteiger partial charge in [-0.05, 0) is 93.4 Å². The molecule has 306 valence electrons. The molecular weight excluding hydrogens is 700 g/mol. The molecule has 0 heterocycles. The van der Waals surface area contributed by atoms with E-state index < -0.39 is 12.1 Å². The number of rotatable bonds is 30. The fourth-order valence-electron chi connectivity index (χ4n) is 8.01. The summed E-state index contributed by atoms with van der Waals surface area (Å²) in [5.74, 6) is 0.0787. The van der Waals surface area contributed by atoms with Gasteiger partial charge in [-0.2, -0.15) is 0 Å². The third kappa shape index (κ3) is 17.2. The zero-order valence-corrected chi connectivity index (χ0v) is 34.5. The number of hydrogen-bond donors (Lipinski definition) is 2. The third-order valence-electron chi connectivity index (χ3n) is 11.9. The summed E-state index contributed by atoms with van der Waals surface area (Å²) in [6.45, 7) is 5.13. The average molecular weight is 774 g/mol. The van der Waals surface area contributed by atoms with Gasteiger partial charge in [-0.3, -0.25) is 4.79 Å². The van der Waals surface area contributed by atoms with E-state index in [0.29, 0.717) is 31.4 Å². The highest BCUT2D eigenvalue weighted by Gasteiger charge is 2.42. The molecule has 0 aromatic heterocycles. The van der Waals surface area contributed by atoms with Crippen molar-refractivity contribution < 1.29 is 34.0 Å². The first-order valence-corrected chi connectivity index (χ1v) is 22.1. The maximum Gasteiger partial charge on any atom is 0.338 e. The minimum atomic E-state index is -0.471. The van der Waals surface area contributed by atoms with Gasteiger partial charge in [0.15, 0.2) is 0 Å². The fraction of sp³-hybridized carbons (Fsp3) is 0.739. The number of halogens is 1. The Morgan fingerprint density at radius 2 is 1.46 bits per heavy atom. The molecule has 3 rings (SSSR count). The second-order valence-electron chi connectivity index (χ2n) is 15.9. The third-order valence-corrected chi connectivity index (χ3v) is 12.4. The summed E-state index contributed by atoms with van der Waals surface area (Å²) < 4.78 is 16.4. The number of esters is 2. The molecule has 2 aliphatic rings. The molecule has 1 aromatic rings. The van der Waals surface area contributed by atoms with Crippen LogP contribution in [0.4, 0.5) is 0 Å². The van der Waals surface area contributed by atoms with Gasteiger partial charge >= 0.3 is 11.9 Å². The number of aliphatic hydroxyl groups is 2. The summed E-state index contributed by atoms with van der Waals surface area (Å²) in [7, 11) is 0. The van der Waals surface area contributed by atoms with E-state index in [4.69, 9.17) is 25.8 Å². The van der Waals surface area contributed by atoms with Gasteiger partial charge in [0.05, 0.1) is 24.4 Å². The molecule has 0 amide bonds. The maximum atomic E-state index is 12.4. The standard InChI is InChI=1S/C46H73ClO7/c1-3-5-6-7-8-9-10-11-12-13-14-17-20-33-52-38-29-27-37(28-30-38)45(51)54-35-34-53-44(50)26-19-16-15-18-23-39-40(42(48)36-41(39)47)24-21-25-43(49)46(4-2)31-22-32-46/h15,18,21,24,27-30,39-43,48-49H,3-14,16-17,19-20,22-23,25-26,31-36H2,1-2H3/t39-,40-,41-,42-,43+/m1/s1. The summed E-state index contributed by atoms with van der Waals surface area (Å²) in [5, 5.41) is 21.3. The minimum Gasteiger partial charge on any atom is -0.494 e. The zero-order valence-electron chi connectivity index (χ0n) is 33.7. The molecular formula is C46H73ClO7. The highest BCUT2D eigenvalue weighted by Crippen LogP contribution is 2.48. The van der Waals surface area contributed by atoms with Crippen LogP contribution in [0, 0.1) is 17.3 Å². The van der Waals surface area contributed by atoms with Gasteiger partial charge in [0.25, 0.3) is 0 Å². The SMILES string of the molecule is CCCCCCCCCCCCCCCOc1ccc(C(=O)OCCOC(=O)CCCC=CC[C@@H]2[C@@H](C=CC[C@H](O)C3(CC)CCC3)[C@H](O)C[C@H]2Cl)cc1. The van der Waals surface area contributed by atoms with Crippen molar-refractivity contribution >= 4 is 23.5 Å². The quantitative estimate of drug-likeness (QED) is 0.0347. The minimum absolute atomic E-state index is 0.00264. The van der Waals surface area contributed by atoms with Crippen molar-refractivity contribution in [3.63, 3.8) is 0 Å². The van der Waals surface area contributed by atoms with Gasteiger partial charge in [0.2, 0.25) is 0 Å². The Labute approximate surface area is 332 Å². The molecule has 0 radical (unpaired) electrons.